The number of rotatable bonds is 7. The fraction of sp³-hybridized carbons (Fsp3) is 0.391. The molecular formula is C23H28BrNO. The summed E-state index contributed by atoms with van der Waals surface area (Å²) >= 11 is 3.69. The van der Waals surface area contributed by atoms with E-state index in [9.17, 15) is 5.11 Å². The summed E-state index contributed by atoms with van der Waals surface area (Å²) in [5.74, 6) is 0. The zero-order valence-electron chi connectivity index (χ0n) is 15.9. The fourth-order valence-corrected chi connectivity index (χ4v) is 4.42. The van der Waals surface area contributed by atoms with E-state index in [0.29, 0.717) is 0 Å². The molecule has 0 aromatic heterocycles. The quantitative estimate of drug-likeness (QED) is 0.459. The molecule has 2 nitrogen and oxygen atoms in total. The highest BCUT2D eigenvalue weighted by Crippen LogP contribution is 2.34. The SMILES string of the molecule is CCCN(CCC)C(C)C(O)c1ccc2cc(Br)c3ccccc3c2c1. The van der Waals surface area contributed by atoms with Gasteiger partial charge in [0, 0.05) is 10.5 Å². The number of fused-ring (bicyclic) bond motifs is 3. The van der Waals surface area contributed by atoms with Crippen LogP contribution in [0.25, 0.3) is 21.5 Å². The van der Waals surface area contributed by atoms with Crippen molar-refractivity contribution in [3.05, 3.63) is 58.6 Å². The molecule has 0 spiro atoms. The summed E-state index contributed by atoms with van der Waals surface area (Å²) in [4.78, 5) is 2.40. The van der Waals surface area contributed by atoms with Gasteiger partial charge >= 0.3 is 0 Å². The normalized spacial score (nSPS) is 14.2. The topological polar surface area (TPSA) is 23.5 Å². The number of nitrogens with zero attached hydrogens (tertiary/aromatic N) is 1. The second-order valence-electron chi connectivity index (χ2n) is 7.11. The van der Waals surface area contributed by atoms with E-state index >= 15 is 0 Å². The largest absolute Gasteiger partial charge is 0.387 e. The van der Waals surface area contributed by atoms with Crippen LogP contribution in [0.4, 0.5) is 0 Å². The first kappa shape index (κ1) is 19.3. The van der Waals surface area contributed by atoms with E-state index in [-0.39, 0.29) is 6.04 Å². The first-order valence-electron chi connectivity index (χ1n) is 9.59. The van der Waals surface area contributed by atoms with Gasteiger partial charge in [-0.3, -0.25) is 4.90 Å². The van der Waals surface area contributed by atoms with Crippen molar-refractivity contribution in [3.63, 3.8) is 0 Å². The van der Waals surface area contributed by atoms with Crippen LogP contribution in [0.15, 0.2) is 53.0 Å². The minimum atomic E-state index is -0.486. The number of aliphatic hydroxyl groups excluding tert-OH is 1. The average Bonchev–Trinajstić information content (AvgIpc) is 2.67. The van der Waals surface area contributed by atoms with E-state index in [1.807, 2.05) is 0 Å². The molecule has 2 atom stereocenters. The molecule has 1 N–H and O–H groups in total. The molecule has 0 radical (unpaired) electrons. The molecule has 138 valence electrons. The van der Waals surface area contributed by atoms with E-state index < -0.39 is 6.10 Å². The van der Waals surface area contributed by atoms with Gasteiger partial charge in [0.15, 0.2) is 0 Å². The molecule has 3 aromatic carbocycles. The van der Waals surface area contributed by atoms with E-state index in [1.165, 1.54) is 21.5 Å². The number of benzene rings is 3. The highest BCUT2D eigenvalue weighted by Gasteiger charge is 2.22. The maximum Gasteiger partial charge on any atom is 0.0942 e. The van der Waals surface area contributed by atoms with Gasteiger partial charge in [0.05, 0.1) is 6.10 Å². The highest BCUT2D eigenvalue weighted by atomic mass is 79.9. The number of hydrogen-bond acceptors (Lipinski definition) is 2. The van der Waals surface area contributed by atoms with Gasteiger partial charge in [0.2, 0.25) is 0 Å². The van der Waals surface area contributed by atoms with Crippen LogP contribution < -0.4 is 0 Å². The van der Waals surface area contributed by atoms with Gasteiger partial charge in [-0.2, -0.15) is 0 Å². The third kappa shape index (κ3) is 3.80. The maximum absolute atomic E-state index is 11.0. The summed E-state index contributed by atoms with van der Waals surface area (Å²) in [5, 5.41) is 15.9. The van der Waals surface area contributed by atoms with Crippen LogP contribution in [-0.4, -0.2) is 29.1 Å². The molecule has 0 saturated heterocycles. The number of halogens is 1. The van der Waals surface area contributed by atoms with Crippen LogP contribution in [0.2, 0.25) is 0 Å². The highest BCUT2D eigenvalue weighted by molar-refractivity contribution is 9.10. The lowest BCUT2D eigenvalue weighted by atomic mass is 9.95. The summed E-state index contributed by atoms with van der Waals surface area (Å²) < 4.78 is 1.11. The summed E-state index contributed by atoms with van der Waals surface area (Å²) in [5.41, 5.74) is 0.995. The Morgan fingerprint density at radius 2 is 1.58 bits per heavy atom. The zero-order valence-corrected chi connectivity index (χ0v) is 17.5. The summed E-state index contributed by atoms with van der Waals surface area (Å²) in [6.45, 7) is 8.58. The Morgan fingerprint density at radius 1 is 0.923 bits per heavy atom. The Labute approximate surface area is 165 Å². The molecular weight excluding hydrogens is 386 g/mol. The first-order valence-corrected chi connectivity index (χ1v) is 10.4. The lowest BCUT2D eigenvalue weighted by molar-refractivity contribution is 0.0577. The Hall–Kier alpha value is -1.42. The third-order valence-electron chi connectivity index (χ3n) is 5.23. The molecule has 0 aliphatic rings. The van der Waals surface area contributed by atoms with Crippen molar-refractivity contribution in [2.45, 2.75) is 45.8 Å². The Morgan fingerprint density at radius 3 is 2.23 bits per heavy atom. The van der Waals surface area contributed by atoms with Gasteiger partial charge in [-0.1, -0.05) is 66.2 Å². The van der Waals surface area contributed by atoms with E-state index in [2.05, 4.69) is 90.1 Å². The summed E-state index contributed by atoms with van der Waals surface area (Å²) in [7, 11) is 0. The molecule has 3 rings (SSSR count). The van der Waals surface area contributed by atoms with Gasteiger partial charge in [-0.25, -0.2) is 0 Å². The average molecular weight is 414 g/mol. The van der Waals surface area contributed by atoms with Crippen molar-refractivity contribution in [3.8, 4) is 0 Å². The van der Waals surface area contributed by atoms with Crippen molar-refractivity contribution < 1.29 is 5.11 Å². The number of aliphatic hydroxyl groups is 1. The van der Waals surface area contributed by atoms with Crippen LogP contribution >= 0.6 is 15.9 Å². The Bertz CT molecular complexity index is 886. The van der Waals surface area contributed by atoms with Crippen molar-refractivity contribution in [1.29, 1.82) is 0 Å². The first-order chi connectivity index (χ1) is 12.6. The minimum Gasteiger partial charge on any atom is -0.387 e. The van der Waals surface area contributed by atoms with Gasteiger partial charge < -0.3 is 5.11 Å². The van der Waals surface area contributed by atoms with Gasteiger partial charge in [-0.05, 0) is 72.1 Å². The van der Waals surface area contributed by atoms with Gasteiger partial charge in [0.25, 0.3) is 0 Å². The van der Waals surface area contributed by atoms with Gasteiger partial charge in [0.1, 0.15) is 0 Å². The van der Waals surface area contributed by atoms with Crippen LogP contribution in [-0.2, 0) is 0 Å². The zero-order chi connectivity index (χ0) is 18.7. The van der Waals surface area contributed by atoms with Crippen molar-refractivity contribution in [1.82, 2.24) is 4.90 Å². The van der Waals surface area contributed by atoms with Crippen molar-refractivity contribution in [2.24, 2.45) is 0 Å². The molecule has 0 heterocycles. The lowest BCUT2D eigenvalue weighted by Crippen LogP contribution is -2.38. The predicted octanol–water partition coefficient (Wildman–Crippen LogP) is 6.30. The smallest absolute Gasteiger partial charge is 0.0942 e. The Balaban J connectivity index is 2.02. The predicted molar refractivity (Wildman–Crippen MR) is 116 cm³/mol. The monoisotopic (exact) mass is 413 g/mol. The maximum atomic E-state index is 11.0. The molecule has 0 bridgehead atoms. The third-order valence-corrected chi connectivity index (χ3v) is 5.89. The van der Waals surface area contributed by atoms with Crippen molar-refractivity contribution in [2.75, 3.05) is 13.1 Å². The number of hydrogen-bond donors (Lipinski definition) is 1. The summed E-state index contributed by atoms with van der Waals surface area (Å²) in [6.07, 6.45) is 1.72. The van der Waals surface area contributed by atoms with Crippen LogP contribution in [0.5, 0.6) is 0 Å². The molecule has 0 saturated carbocycles. The molecule has 2 unspecified atom stereocenters. The molecule has 0 fully saturated rings. The minimum absolute atomic E-state index is 0.106. The second kappa shape index (κ2) is 8.51. The van der Waals surface area contributed by atoms with Crippen LogP contribution in [0.1, 0.15) is 45.3 Å². The van der Waals surface area contributed by atoms with Crippen molar-refractivity contribution >= 4 is 37.5 Å². The molecule has 3 heteroatoms. The molecule has 3 aromatic rings. The molecule has 26 heavy (non-hydrogen) atoms. The Kier molecular flexibility index (Phi) is 6.33. The van der Waals surface area contributed by atoms with E-state index in [4.69, 9.17) is 0 Å². The second-order valence-corrected chi connectivity index (χ2v) is 7.96. The molecule has 0 amide bonds. The molecule has 0 aliphatic heterocycles. The summed E-state index contributed by atoms with van der Waals surface area (Å²) in [6, 6.07) is 17.1. The van der Waals surface area contributed by atoms with E-state index in [1.54, 1.807) is 0 Å². The van der Waals surface area contributed by atoms with Gasteiger partial charge in [-0.15, -0.1) is 0 Å². The van der Waals surface area contributed by atoms with E-state index in [0.717, 1.165) is 36.0 Å². The van der Waals surface area contributed by atoms with Crippen LogP contribution in [0.3, 0.4) is 0 Å². The van der Waals surface area contributed by atoms with Crippen LogP contribution in [0, 0.1) is 0 Å². The molecule has 0 aliphatic carbocycles. The standard InChI is InChI=1S/C23H28BrNO/c1-4-12-25(13-5-2)16(3)23(26)18-11-10-17-15-22(24)20-9-7-6-8-19(20)21(17)14-18/h6-11,14-16,23,26H,4-5,12-13H2,1-3H3. The fourth-order valence-electron chi connectivity index (χ4n) is 3.83. The lowest BCUT2D eigenvalue weighted by Gasteiger charge is -2.32.